The van der Waals surface area contributed by atoms with Gasteiger partial charge in [0.15, 0.2) is 0 Å². The number of nitrogens with zero attached hydrogens (tertiary/aromatic N) is 1. The zero-order valence-electron chi connectivity index (χ0n) is 13.4. The maximum absolute atomic E-state index is 5.72. The predicted molar refractivity (Wildman–Crippen MR) is 85.2 cm³/mol. The van der Waals surface area contributed by atoms with Crippen LogP contribution in [-0.2, 0) is 6.54 Å². The van der Waals surface area contributed by atoms with Crippen LogP contribution in [0, 0.1) is 6.92 Å². The fourth-order valence-electron chi connectivity index (χ4n) is 2.15. The Labute approximate surface area is 124 Å². The highest BCUT2D eigenvalue weighted by atomic mass is 16.5. The van der Waals surface area contributed by atoms with Crippen molar-refractivity contribution in [1.82, 2.24) is 10.3 Å². The van der Waals surface area contributed by atoms with Crippen molar-refractivity contribution in [2.24, 2.45) is 0 Å². The van der Waals surface area contributed by atoms with Gasteiger partial charge in [0, 0.05) is 18.3 Å². The van der Waals surface area contributed by atoms with E-state index in [2.05, 4.69) is 30.2 Å². The molecule has 3 heteroatoms. The van der Waals surface area contributed by atoms with Crippen molar-refractivity contribution < 1.29 is 4.74 Å². The summed E-state index contributed by atoms with van der Waals surface area (Å²) in [6.07, 6.45) is 7.73. The van der Waals surface area contributed by atoms with Gasteiger partial charge < -0.3 is 10.1 Å². The summed E-state index contributed by atoms with van der Waals surface area (Å²) < 4.78 is 5.72. The number of hydrogen-bond donors (Lipinski definition) is 1. The van der Waals surface area contributed by atoms with Crippen LogP contribution in [0.15, 0.2) is 12.1 Å². The summed E-state index contributed by atoms with van der Waals surface area (Å²) in [6.45, 7) is 9.05. The van der Waals surface area contributed by atoms with Crippen LogP contribution < -0.4 is 10.1 Å². The van der Waals surface area contributed by atoms with Crippen LogP contribution >= 0.6 is 0 Å². The van der Waals surface area contributed by atoms with Crippen LogP contribution in [0.2, 0.25) is 0 Å². The molecule has 0 amide bonds. The van der Waals surface area contributed by atoms with E-state index in [0.717, 1.165) is 37.7 Å². The van der Waals surface area contributed by atoms with Crippen LogP contribution in [0.25, 0.3) is 0 Å². The molecule has 0 spiro atoms. The first-order chi connectivity index (χ1) is 9.77. The zero-order valence-corrected chi connectivity index (χ0v) is 13.4. The first kappa shape index (κ1) is 17.0. The summed E-state index contributed by atoms with van der Waals surface area (Å²) in [5, 5.41) is 3.32. The van der Waals surface area contributed by atoms with Crippen LogP contribution in [0.1, 0.15) is 63.6 Å². The summed E-state index contributed by atoms with van der Waals surface area (Å²) in [5.74, 6) is 0.760. The second-order valence-electron chi connectivity index (χ2n) is 5.29. The van der Waals surface area contributed by atoms with Crippen molar-refractivity contribution in [3.8, 4) is 5.88 Å². The lowest BCUT2D eigenvalue weighted by atomic mass is 10.1. The molecule has 0 saturated carbocycles. The fourth-order valence-corrected chi connectivity index (χ4v) is 2.15. The van der Waals surface area contributed by atoms with E-state index in [0.29, 0.717) is 0 Å². The van der Waals surface area contributed by atoms with Gasteiger partial charge in [-0.05, 0) is 25.5 Å². The minimum absolute atomic E-state index is 0.760. The molecule has 0 unspecified atom stereocenters. The Bertz CT molecular complexity index is 366. The van der Waals surface area contributed by atoms with E-state index in [4.69, 9.17) is 4.74 Å². The molecule has 1 N–H and O–H groups in total. The highest BCUT2D eigenvalue weighted by Gasteiger charge is 2.02. The molecule has 0 aliphatic heterocycles. The summed E-state index contributed by atoms with van der Waals surface area (Å²) in [7, 11) is 0. The Balaban J connectivity index is 2.22. The maximum atomic E-state index is 5.72. The van der Waals surface area contributed by atoms with E-state index < -0.39 is 0 Å². The molecule has 1 aromatic heterocycles. The second-order valence-corrected chi connectivity index (χ2v) is 5.29. The first-order valence-electron chi connectivity index (χ1n) is 8.08. The van der Waals surface area contributed by atoms with E-state index in [1.807, 2.05) is 13.0 Å². The Hall–Kier alpha value is -1.09. The smallest absolute Gasteiger partial charge is 0.213 e. The van der Waals surface area contributed by atoms with Crippen LogP contribution in [0.4, 0.5) is 0 Å². The molecule has 20 heavy (non-hydrogen) atoms. The van der Waals surface area contributed by atoms with Gasteiger partial charge in [0.2, 0.25) is 5.88 Å². The van der Waals surface area contributed by atoms with E-state index in [1.165, 1.54) is 37.7 Å². The third-order valence-corrected chi connectivity index (χ3v) is 3.48. The molecular weight excluding hydrogens is 248 g/mol. The quantitative estimate of drug-likeness (QED) is 0.615. The number of pyridine rings is 1. The van der Waals surface area contributed by atoms with Gasteiger partial charge >= 0.3 is 0 Å². The number of hydrogen-bond acceptors (Lipinski definition) is 3. The molecule has 0 aliphatic carbocycles. The minimum Gasteiger partial charge on any atom is -0.478 e. The highest BCUT2D eigenvalue weighted by molar-refractivity contribution is 5.24. The van der Waals surface area contributed by atoms with Crippen molar-refractivity contribution in [1.29, 1.82) is 0 Å². The molecular formula is C17H30N2O. The Morgan fingerprint density at radius 2 is 1.80 bits per heavy atom. The molecule has 1 heterocycles. The minimum atomic E-state index is 0.760. The molecule has 3 nitrogen and oxygen atoms in total. The molecule has 0 bridgehead atoms. The summed E-state index contributed by atoms with van der Waals surface area (Å²) in [6, 6.07) is 4.10. The second kappa shape index (κ2) is 10.7. The lowest BCUT2D eigenvalue weighted by Crippen LogP contribution is -2.13. The van der Waals surface area contributed by atoms with E-state index in [9.17, 15) is 0 Å². The van der Waals surface area contributed by atoms with Crippen molar-refractivity contribution in [2.45, 2.75) is 65.8 Å². The lowest BCUT2D eigenvalue weighted by Gasteiger charge is -2.09. The molecule has 0 aromatic carbocycles. The predicted octanol–water partition coefficient (Wildman–Crippen LogP) is 4.24. The van der Waals surface area contributed by atoms with Crippen LogP contribution in [0.3, 0.4) is 0 Å². The van der Waals surface area contributed by atoms with Crippen molar-refractivity contribution in [3.63, 3.8) is 0 Å². The summed E-state index contributed by atoms with van der Waals surface area (Å²) in [4.78, 5) is 4.51. The number of ether oxygens (including phenoxy) is 1. The zero-order chi connectivity index (χ0) is 14.6. The lowest BCUT2D eigenvalue weighted by molar-refractivity contribution is 0.292. The van der Waals surface area contributed by atoms with Gasteiger partial charge in [-0.25, -0.2) is 4.98 Å². The Kier molecular flexibility index (Phi) is 9.05. The van der Waals surface area contributed by atoms with Crippen molar-refractivity contribution in [3.05, 3.63) is 23.4 Å². The number of aryl methyl sites for hydroxylation is 1. The fraction of sp³-hybridized carbons (Fsp3) is 0.706. The van der Waals surface area contributed by atoms with Gasteiger partial charge in [0.1, 0.15) is 0 Å². The van der Waals surface area contributed by atoms with Crippen molar-refractivity contribution in [2.75, 3.05) is 13.2 Å². The number of rotatable bonds is 11. The molecule has 0 fully saturated rings. The molecule has 0 saturated heterocycles. The standard InChI is InChI=1S/C17H30N2O/c1-4-6-7-8-9-10-13-20-17-12-11-16(14-18-5-2)15(3)19-17/h11-12,18H,4-10,13-14H2,1-3H3. The third-order valence-electron chi connectivity index (χ3n) is 3.48. The van der Waals surface area contributed by atoms with Crippen molar-refractivity contribution >= 4 is 0 Å². The monoisotopic (exact) mass is 278 g/mol. The molecule has 0 aliphatic rings. The van der Waals surface area contributed by atoms with Gasteiger partial charge in [0.25, 0.3) is 0 Å². The van der Waals surface area contributed by atoms with Crippen LogP contribution in [-0.4, -0.2) is 18.1 Å². The Morgan fingerprint density at radius 1 is 1.05 bits per heavy atom. The molecule has 114 valence electrons. The molecule has 1 aromatic rings. The summed E-state index contributed by atoms with van der Waals surface area (Å²) >= 11 is 0. The number of nitrogens with one attached hydrogen (secondary N) is 1. The average molecular weight is 278 g/mol. The van der Waals surface area contributed by atoms with E-state index in [-0.39, 0.29) is 0 Å². The topological polar surface area (TPSA) is 34.1 Å². The number of aromatic nitrogens is 1. The van der Waals surface area contributed by atoms with Gasteiger partial charge in [-0.2, -0.15) is 0 Å². The molecule has 0 atom stereocenters. The van der Waals surface area contributed by atoms with E-state index in [1.54, 1.807) is 0 Å². The SMILES string of the molecule is CCCCCCCCOc1ccc(CNCC)c(C)n1. The largest absolute Gasteiger partial charge is 0.478 e. The molecule has 1 rings (SSSR count). The maximum Gasteiger partial charge on any atom is 0.213 e. The Morgan fingerprint density at radius 3 is 2.50 bits per heavy atom. The van der Waals surface area contributed by atoms with E-state index >= 15 is 0 Å². The normalized spacial score (nSPS) is 10.8. The highest BCUT2D eigenvalue weighted by Crippen LogP contribution is 2.13. The van der Waals surface area contributed by atoms with Gasteiger partial charge in [-0.1, -0.05) is 52.0 Å². The third kappa shape index (κ3) is 6.90. The molecule has 0 radical (unpaired) electrons. The number of unbranched alkanes of at least 4 members (excludes halogenated alkanes) is 5. The average Bonchev–Trinajstić information content (AvgIpc) is 2.45. The van der Waals surface area contributed by atoms with Gasteiger partial charge in [-0.3, -0.25) is 0 Å². The summed E-state index contributed by atoms with van der Waals surface area (Å²) in [5.41, 5.74) is 2.31. The van der Waals surface area contributed by atoms with Crippen LogP contribution in [0.5, 0.6) is 5.88 Å². The van der Waals surface area contributed by atoms with Gasteiger partial charge in [-0.15, -0.1) is 0 Å². The van der Waals surface area contributed by atoms with Gasteiger partial charge in [0.05, 0.1) is 6.61 Å². The first-order valence-corrected chi connectivity index (χ1v) is 8.08.